The predicted molar refractivity (Wildman–Crippen MR) is 310 cm³/mol. The van der Waals surface area contributed by atoms with Crippen LogP contribution >= 0.6 is 31.9 Å². The minimum atomic E-state index is 0. The van der Waals surface area contributed by atoms with Crippen molar-refractivity contribution in [1.29, 1.82) is 0 Å². The Morgan fingerprint density at radius 1 is 0.500 bits per heavy atom. The zero-order valence-electron chi connectivity index (χ0n) is 44.4. The van der Waals surface area contributed by atoms with Crippen LogP contribution in [0.4, 0.5) is 0 Å². The van der Waals surface area contributed by atoms with Gasteiger partial charge in [0.05, 0.1) is 60.3 Å². The number of halogens is 4. The highest BCUT2D eigenvalue weighted by molar-refractivity contribution is 9.09. The van der Waals surface area contributed by atoms with E-state index in [2.05, 4.69) is 168 Å². The van der Waals surface area contributed by atoms with Crippen LogP contribution < -0.4 is 43.1 Å². The molecular formula is C59H80Br4N10O. The highest BCUT2D eigenvalue weighted by atomic mass is 79.9. The average molecular weight is 1260 g/mol. The lowest BCUT2D eigenvalue weighted by Gasteiger charge is -2.02. The van der Waals surface area contributed by atoms with E-state index < -0.39 is 0 Å². The number of imidazole rings is 5. The number of unbranched alkanes of at least 4 members (excludes halogenated alkanes) is 4. The first kappa shape index (κ1) is 63.6. The van der Waals surface area contributed by atoms with E-state index in [1.165, 1.54) is 96.1 Å². The molecule has 5 aromatic carbocycles. The number of aromatic amines is 1. The summed E-state index contributed by atoms with van der Waals surface area (Å²) in [6.07, 6.45) is 10.2. The fraction of sp³-hybridized carbons (Fsp3) is 0.407. The van der Waals surface area contributed by atoms with Gasteiger partial charge in [0.1, 0.15) is 17.5 Å². The summed E-state index contributed by atoms with van der Waals surface area (Å²) in [5.41, 5.74) is 12.0. The molecule has 0 saturated carbocycles. The molecule has 0 spiro atoms. The number of rotatable bonds is 10. The molecule has 0 unspecified atom stereocenters. The second-order valence-corrected chi connectivity index (χ2v) is 19.7. The SMILES string of the molecule is BrCCCCCBr.C.C1CCOC1.Cc1n(CCCCCn2c(C)[n+](C)c3ccccc32)c2ccccc2[n+]1C.Cc1nc2ccccc2[nH]1.Cc1nc2ccccc2n1C.Cc1nc2ccccc2n1C.[Br-].[Br-]. The molecule has 11 rings (SSSR count). The number of aryl methyl sites for hydroxylation is 9. The third-order valence-electron chi connectivity index (χ3n) is 13.2. The fourth-order valence-electron chi connectivity index (χ4n) is 8.78. The molecule has 5 aromatic heterocycles. The van der Waals surface area contributed by atoms with E-state index in [0.717, 1.165) is 76.5 Å². The Bertz CT molecular complexity index is 2990. The van der Waals surface area contributed by atoms with Crippen molar-refractivity contribution < 1.29 is 47.8 Å². The number of hydrogen-bond acceptors (Lipinski definition) is 4. The first-order valence-electron chi connectivity index (χ1n) is 25.2. The molecule has 0 bridgehead atoms. The van der Waals surface area contributed by atoms with Gasteiger partial charge in [-0.2, -0.15) is 0 Å². The maximum atomic E-state index is 4.94. The fourth-order valence-corrected chi connectivity index (χ4v) is 9.57. The summed E-state index contributed by atoms with van der Waals surface area (Å²) in [6.45, 7) is 14.6. The molecule has 0 aliphatic carbocycles. The van der Waals surface area contributed by atoms with Gasteiger partial charge < -0.3 is 52.8 Å². The van der Waals surface area contributed by atoms with Crippen molar-refractivity contribution in [2.75, 3.05) is 23.9 Å². The lowest BCUT2D eigenvalue weighted by atomic mass is 10.2. The monoisotopic (exact) mass is 1260 g/mol. The summed E-state index contributed by atoms with van der Waals surface area (Å²) >= 11 is 6.73. The Morgan fingerprint density at radius 2 is 0.878 bits per heavy atom. The molecule has 0 atom stereocenters. The molecule has 1 fully saturated rings. The van der Waals surface area contributed by atoms with Gasteiger partial charge in [-0.1, -0.05) is 106 Å². The van der Waals surface area contributed by atoms with Gasteiger partial charge in [-0.25, -0.2) is 33.2 Å². The van der Waals surface area contributed by atoms with Gasteiger partial charge in [0.15, 0.2) is 22.1 Å². The van der Waals surface area contributed by atoms with Crippen LogP contribution in [0.1, 0.15) is 87.9 Å². The van der Waals surface area contributed by atoms with Crippen LogP contribution in [-0.2, 0) is 46.0 Å². The Balaban J connectivity index is 0.000000257. The van der Waals surface area contributed by atoms with Crippen molar-refractivity contribution in [2.45, 2.75) is 107 Å². The minimum absolute atomic E-state index is 0. The van der Waals surface area contributed by atoms with E-state index in [-0.39, 0.29) is 41.4 Å². The number of fused-ring (bicyclic) bond motifs is 5. The van der Waals surface area contributed by atoms with E-state index in [1.54, 1.807) is 0 Å². The van der Waals surface area contributed by atoms with Crippen LogP contribution in [0.2, 0.25) is 0 Å². The van der Waals surface area contributed by atoms with E-state index >= 15 is 0 Å². The quantitative estimate of drug-likeness (QED) is 0.0863. The van der Waals surface area contributed by atoms with Gasteiger partial charge >= 0.3 is 0 Å². The molecule has 6 heterocycles. The van der Waals surface area contributed by atoms with Crippen molar-refractivity contribution in [3.05, 3.63) is 150 Å². The van der Waals surface area contributed by atoms with Crippen molar-refractivity contribution >= 4 is 87.0 Å². The van der Waals surface area contributed by atoms with E-state index in [1.807, 2.05) is 95.5 Å². The smallest absolute Gasteiger partial charge is 0.253 e. The minimum Gasteiger partial charge on any atom is -1.00 e. The molecule has 15 heteroatoms. The van der Waals surface area contributed by atoms with Gasteiger partial charge in [-0.15, -0.1) is 0 Å². The van der Waals surface area contributed by atoms with E-state index in [4.69, 9.17) is 4.74 Å². The van der Waals surface area contributed by atoms with Gasteiger partial charge in [-0.3, -0.25) is 0 Å². The number of ether oxygens (including phenoxy) is 1. The molecule has 74 heavy (non-hydrogen) atoms. The lowest BCUT2D eigenvalue weighted by molar-refractivity contribution is -0.652. The maximum Gasteiger partial charge on any atom is 0.253 e. The number of nitrogens with one attached hydrogen (secondary N) is 1. The summed E-state index contributed by atoms with van der Waals surface area (Å²) in [5, 5.41) is 2.31. The Kier molecular flexibility index (Phi) is 28.1. The number of hydrogen-bond donors (Lipinski definition) is 1. The lowest BCUT2D eigenvalue weighted by Crippen LogP contribution is -3.00. The molecule has 1 N–H and O–H groups in total. The van der Waals surface area contributed by atoms with Crippen LogP contribution in [0.5, 0.6) is 0 Å². The molecule has 0 amide bonds. The van der Waals surface area contributed by atoms with Crippen LogP contribution in [0.3, 0.4) is 0 Å². The van der Waals surface area contributed by atoms with Crippen molar-refractivity contribution in [2.24, 2.45) is 28.2 Å². The third-order valence-corrected chi connectivity index (χ3v) is 14.3. The Hall–Kier alpha value is -4.67. The van der Waals surface area contributed by atoms with Crippen LogP contribution in [0, 0.1) is 34.6 Å². The van der Waals surface area contributed by atoms with E-state index in [9.17, 15) is 0 Å². The highest BCUT2D eigenvalue weighted by Crippen LogP contribution is 2.18. The summed E-state index contributed by atoms with van der Waals surface area (Å²) in [5.74, 6) is 5.75. The molecule has 1 aliphatic heterocycles. The average Bonchev–Trinajstić information content (AvgIpc) is 4.27. The molecule has 0 radical (unpaired) electrons. The number of alkyl halides is 2. The number of nitrogens with zero attached hydrogens (tertiary/aromatic N) is 9. The molecule has 400 valence electrons. The Morgan fingerprint density at radius 3 is 1.27 bits per heavy atom. The number of aromatic nitrogens is 10. The van der Waals surface area contributed by atoms with E-state index in [0.29, 0.717) is 0 Å². The van der Waals surface area contributed by atoms with Crippen molar-refractivity contribution in [3.8, 4) is 0 Å². The standard InChI is InChI=1S/C23H30N4.2C9H10N2.C8H8N2.C5H10Br2.C4H8O.CH4.2BrH/c1-18-24(3)20-12-6-8-14-22(20)26(18)16-10-5-11-17-27-19(2)25(4)21-13-7-9-15-23(21)27;2*1-7-10-8-5-3-4-6-9(8)11(7)2;1-6-9-7-4-2-3-5-8(7)10-6;6-4-2-1-3-5-7;1-2-4-5-3-1;;;/h6-9,12-15H,5,10-11,16-17H2,1-4H3;2*3-6H,1-2H3;2-5H,1H3,(H,9,10);1-5H2;1-4H2;1H4;2*1H/q+2;;;;;;;;/p-2. The predicted octanol–water partition coefficient (Wildman–Crippen LogP) is 7.75. The molecule has 10 aromatic rings. The van der Waals surface area contributed by atoms with Crippen molar-refractivity contribution in [1.82, 2.24) is 38.2 Å². The summed E-state index contributed by atoms with van der Waals surface area (Å²) in [4.78, 5) is 16.2. The molecule has 1 saturated heterocycles. The first-order chi connectivity index (χ1) is 34.4. The number of para-hydroxylation sites is 10. The normalized spacial score (nSPS) is 11.4. The zero-order valence-corrected chi connectivity index (χ0v) is 50.7. The summed E-state index contributed by atoms with van der Waals surface area (Å²) in [6, 6.07) is 41.7. The van der Waals surface area contributed by atoms with Gasteiger partial charge in [0.25, 0.3) is 11.6 Å². The molecular weight excluding hydrogens is 1180 g/mol. The maximum absolute atomic E-state index is 4.94. The Labute approximate surface area is 478 Å². The second kappa shape index (κ2) is 32.7. The van der Waals surface area contributed by atoms with Gasteiger partial charge in [0.2, 0.25) is 0 Å². The summed E-state index contributed by atoms with van der Waals surface area (Å²) in [7, 11) is 8.39. The molecule has 1 aliphatic rings. The summed E-state index contributed by atoms with van der Waals surface area (Å²) < 4.78 is 18.7. The third kappa shape index (κ3) is 17.2. The van der Waals surface area contributed by atoms with Crippen LogP contribution in [-0.4, -0.2) is 62.1 Å². The van der Waals surface area contributed by atoms with Crippen LogP contribution in [0.25, 0.3) is 55.2 Å². The largest absolute Gasteiger partial charge is 1.00 e. The zero-order chi connectivity index (χ0) is 50.7. The molecule has 11 nitrogen and oxygen atoms in total. The highest BCUT2D eigenvalue weighted by Gasteiger charge is 2.20. The van der Waals surface area contributed by atoms with Gasteiger partial charge in [-0.05, 0) is 126 Å². The van der Waals surface area contributed by atoms with Crippen molar-refractivity contribution in [3.63, 3.8) is 0 Å². The topological polar surface area (TPSA) is 91.2 Å². The van der Waals surface area contributed by atoms with Gasteiger partial charge in [0, 0.05) is 51.8 Å². The van der Waals surface area contributed by atoms with Crippen LogP contribution in [0.15, 0.2) is 121 Å². The number of benzene rings is 5. The second-order valence-electron chi connectivity index (χ2n) is 18.1. The first-order valence-corrected chi connectivity index (χ1v) is 27.4. The number of H-pyrrole nitrogens is 1.